The minimum absolute atomic E-state index is 0.0592. The molecule has 0 unspecified atom stereocenters. The van der Waals surface area contributed by atoms with Gasteiger partial charge in [-0.1, -0.05) is 30.3 Å². The number of fused-ring (bicyclic) bond motifs is 1. The molecule has 2 aromatic heterocycles. The van der Waals surface area contributed by atoms with E-state index in [4.69, 9.17) is 4.42 Å². The van der Waals surface area contributed by atoms with Crippen LogP contribution in [0.5, 0.6) is 0 Å². The van der Waals surface area contributed by atoms with Crippen LogP contribution in [0.3, 0.4) is 0 Å². The van der Waals surface area contributed by atoms with Crippen molar-refractivity contribution in [1.29, 1.82) is 0 Å². The van der Waals surface area contributed by atoms with Crippen LogP contribution in [0, 0.1) is 0 Å². The van der Waals surface area contributed by atoms with Crippen LogP contribution in [0.25, 0.3) is 11.5 Å². The van der Waals surface area contributed by atoms with Crippen LogP contribution in [0.15, 0.2) is 71.6 Å². The molecule has 1 aliphatic rings. The lowest BCUT2D eigenvalue weighted by molar-refractivity contribution is 0.0965. The zero-order valence-electron chi connectivity index (χ0n) is 16.9. The molecule has 3 heterocycles. The maximum absolute atomic E-state index is 11.8. The first-order valence-corrected chi connectivity index (χ1v) is 10.1. The van der Waals surface area contributed by atoms with E-state index in [2.05, 4.69) is 31.1 Å². The predicted octanol–water partition coefficient (Wildman–Crippen LogP) is 3.26. The molecule has 0 fully saturated rings. The van der Waals surface area contributed by atoms with Gasteiger partial charge in [0.05, 0.1) is 23.9 Å². The molecule has 1 atom stereocenters. The molecule has 1 aliphatic heterocycles. The molecule has 0 saturated heterocycles. The molecule has 0 saturated carbocycles. The van der Waals surface area contributed by atoms with Crippen molar-refractivity contribution in [3.05, 3.63) is 83.9 Å². The Morgan fingerprint density at radius 2 is 2.00 bits per heavy atom. The van der Waals surface area contributed by atoms with Gasteiger partial charge in [0.25, 0.3) is 11.8 Å². The number of rotatable bonds is 7. The summed E-state index contributed by atoms with van der Waals surface area (Å²) in [6.45, 7) is 0.402. The number of aliphatic hydroxyl groups excluding tert-OH is 1. The number of amides is 1. The Morgan fingerprint density at radius 1 is 1.12 bits per heavy atom. The van der Waals surface area contributed by atoms with Gasteiger partial charge in [-0.05, 0) is 29.3 Å². The van der Waals surface area contributed by atoms with Crippen LogP contribution in [0.1, 0.15) is 27.5 Å². The second-order valence-electron chi connectivity index (χ2n) is 7.33. The summed E-state index contributed by atoms with van der Waals surface area (Å²) in [6.07, 6.45) is 2.89. The first kappa shape index (κ1) is 19.7. The number of nitrogens with one attached hydrogen (secondary N) is 3. The topological polar surface area (TPSA) is 125 Å². The number of hydrogen-bond acceptors (Lipinski definition) is 8. The average molecular weight is 428 g/mol. The molecule has 1 amide bonds. The first-order valence-electron chi connectivity index (χ1n) is 10.1. The van der Waals surface area contributed by atoms with Gasteiger partial charge in [-0.3, -0.25) is 4.79 Å². The number of hydrogen-bond donors (Lipinski definition) is 4. The maximum atomic E-state index is 11.8. The number of benzene rings is 2. The molecular weight excluding hydrogens is 408 g/mol. The van der Waals surface area contributed by atoms with Gasteiger partial charge in [0, 0.05) is 30.1 Å². The van der Waals surface area contributed by atoms with Gasteiger partial charge in [-0.25, -0.2) is 4.98 Å². The van der Waals surface area contributed by atoms with E-state index >= 15 is 0 Å². The smallest absolute Gasteiger partial charge is 0.251 e. The number of carbonyl (C=O) groups excluding carboxylic acids is 1. The normalized spacial score (nSPS) is 13.3. The van der Waals surface area contributed by atoms with Gasteiger partial charge >= 0.3 is 0 Å². The zero-order valence-corrected chi connectivity index (χ0v) is 16.9. The van der Waals surface area contributed by atoms with Crippen molar-refractivity contribution >= 4 is 23.1 Å². The van der Waals surface area contributed by atoms with Crippen molar-refractivity contribution in [1.82, 2.24) is 20.5 Å². The van der Waals surface area contributed by atoms with Crippen LogP contribution in [0.2, 0.25) is 0 Å². The Balaban J connectivity index is 1.47. The summed E-state index contributed by atoms with van der Waals surface area (Å²) in [5.74, 6) is 0.840. The van der Waals surface area contributed by atoms with Crippen LogP contribution >= 0.6 is 0 Å². The van der Waals surface area contributed by atoms with Gasteiger partial charge in [0.15, 0.2) is 0 Å². The quantitative estimate of drug-likeness (QED) is 0.353. The Labute approximate surface area is 183 Å². The number of aliphatic hydroxyl groups is 1. The number of pyridine rings is 1. The fourth-order valence-electron chi connectivity index (χ4n) is 3.67. The SMILES string of the molecule is O=C1NCc2cc(Nc3cc(N[C@H](CO)c4ccccc4)c(-c4nnco4)cn3)ccc21. The van der Waals surface area contributed by atoms with Crippen molar-refractivity contribution in [2.24, 2.45) is 0 Å². The summed E-state index contributed by atoms with van der Waals surface area (Å²) in [7, 11) is 0. The highest BCUT2D eigenvalue weighted by Crippen LogP contribution is 2.32. The van der Waals surface area contributed by atoms with Gasteiger partial charge in [-0.2, -0.15) is 0 Å². The van der Waals surface area contributed by atoms with Crippen molar-refractivity contribution in [2.45, 2.75) is 12.6 Å². The van der Waals surface area contributed by atoms with E-state index in [1.807, 2.05) is 48.5 Å². The molecule has 4 N–H and O–H groups in total. The molecule has 0 spiro atoms. The Morgan fingerprint density at radius 3 is 2.78 bits per heavy atom. The fourth-order valence-corrected chi connectivity index (χ4v) is 3.67. The van der Waals surface area contributed by atoms with Crippen LogP contribution < -0.4 is 16.0 Å². The van der Waals surface area contributed by atoms with E-state index in [-0.39, 0.29) is 18.6 Å². The van der Waals surface area contributed by atoms with Crippen LogP contribution in [-0.4, -0.2) is 32.8 Å². The lowest BCUT2D eigenvalue weighted by atomic mass is 10.1. The average Bonchev–Trinajstić information content (AvgIpc) is 3.48. The summed E-state index contributed by atoms with van der Waals surface area (Å²) in [5, 5.41) is 27.2. The molecule has 0 radical (unpaired) electrons. The molecule has 9 nitrogen and oxygen atoms in total. The highest BCUT2D eigenvalue weighted by molar-refractivity contribution is 5.98. The van der Waals surface area contributed by atoms with Gasteiger partial charge in [-0.15, -0.1) is 10.2 Å². The van der Waals surface area contributed by atoms with Crippen molar-refractivity contribution in [3.8, 4) is 11.5 Å². The van der Waals surface area contributed by atoms with Crippen molar-refractivity contribution in [3.63, 3.8) is 0 Å². The maximum Gasteiger partial charge on any atom is 0.251 e. The molecule has 9 heteroatoms. The fraction of sp³-hybridized carbons (Fsp3) is 0.130. The van der Waals surface area contributed by atoms with Crippen molar-refractivity contribution in [2.75, 3.05) is 17.2 Å². The highest BCUT2D eigenvalue weighted by Gasteiger charge is 2.20. The lowest BCUT2D eigenvalue weighted by Gasteiger charge is -2.20. The van der Waals surface area contributed by atoms with Crippen LogP contribution in [0.4, 0.5) is 17.2 Å². The predicted molar refractivity (Wildman–Crippen MR) is 118 cm³/mol. The summed E-state index contributed by atoms with van der Waals surface area (Å²) >= 11 is 0. The van der Waals surface area contributed by atoms with E-state index in [1.165, 1.54) is 6.39 Å². The largest absolute Gasteiger partial charge is 0.423 e. The van der Waals surface area contributed by atoms with E-state index in [0.717, 1.165) is 16.8 Å². The Kier molecular flexibility index (Phi) is 5.22. The third kappa shape index (κ3) is 3.88. The zero-order chi connectivity index (χ0) is 21.9. The third-order valence-corrected chi connectivity index (χ3v) is 5.27. The Hall–Kier alpha value is -4.24. The van der Waals surface area contributed by atoms with Gasteiger partial charge in [0.2, 0.25) is 6.39 Å². The minimum atomic E-state index is -0.342. The molecule has 160 valence electrons. The van der Waals surface area contributed by atoms with Gasteiger partial charge in [0.1, 0.15) is 5.82 Å². The first-order chi connectivity index (χ1) is 15.7. The van der Waals surface area contributed by atoms with E-state index < -0.39 is 0 Å². The third-order valence-electron chi connectivity index (χ3n) is 5.27. The van der Waals surface area contributed by atoms with E-state index in [1.54, 1.807) is 12.3 Å². The summed E-state index contributed by atoms with van der Waals surface area (Å²) in [4.78, 5) is 16.3. The molecular formula is C23H20N6O3. The lowest BCUT2D eigenvalue weighted by Crippen LogP contribution is -2.15. The number of anilines is 3. The van der Waals surface area contributed by atoms with E-state index in [0.29, 0.717) is 35.1 Å². The van der Waals surface area contributed by atoms with Gasteiger partial charge < -0.3 is 25.5 Å². The molecule has 4 aromatic rings. The summed E-state index contributed by atoms with van der Waals surface area (Å²) < 4.78 is 5.38. The summed E-state index contributed by atoms with van der Waals surface area (Å²) in [6, 6.07) is 16.7. The second-order valence-corrected chi connectivity index (χ2v) is 7.33. The standard InChI is InChI=1S/C23H20N6O3/c30-12-20(14-4-2-1-3-5-14)28-19-9-21(24-11-18(19)23-29-26-13-32-23)27-16-6-7-17-15(8-16)10-25-22(17)31/h1-9,11,13,20,30H,10,12H2,(H,25,31)(H2,24,27,28)/t20-/m1/s1. The number of aromatic nitrogens is 3. The molecule has 2 aromatic carbocycles. The Bertz CT molecular complexity index is 1240. The molecule has 0 aliphatic carbocycles. The second kappa shape index (κ2) is 8.48. The number of nitrogens with zero attached hydrogens (tertiary/aromatic N) is 3. The minimum Gasteiger partial charge on any atom is -0.423 e. The number of carbonyl (C=O) groups is 1. The monoisotopic (exact) mass is 428 g/mol. The molecule has 5 rings (SSSR count). The van der Waals surface area contributed by atoms with Crippen molar-refractivity contribution < 1.29 is 14.3 Å². The summed E-state index contributed by atoms with van der Waals surface area (Å²) in [5.41, 5.74) is 4.66. The van der Waals surface area contributed by atoms with E-state index in [9.17, 15) is 9.90 Å². The van der Waals surface area contributed by atoms with Crippen LogP contribution in [-0.2, 0) is 6.54 Å². The molecule has 0 bridgehead atoms. The molecule has 32 heavy (non-hydrogen) atoms. The highest BCUT2D eigenvalue weighted by atomic mass is 16.4.